The fourth-order valence-corrected chi connectivity index (χ4v) is 4.13. The van der Waals surface area contributed by atoms with E-state index >= 15 is 0 Å². The Morgan fingerprint density at radius 2 is 1.14 bits per heavy atom. The monoisotopic (exact) mass is 338 g/mol. The van der Waals surface area contributed by atoms with Crippen LogP contribution in [-0.2, 0) is 0 Å². The topological polar surface area (TPSA) is 18.5 Å². The van der Waals surface area contributed by atoms with Gasteiger partial charge in [-0.3, -0.25) is 0 Å². The second-order valence-corrected chi connectivity index (χ2v) is 11.0. The van der Waals surface area contributed by atoms with Crippen molar-refractivity contribution in [2.45, 2.75) is 39.8 Å². The van der Waals surface area contributed by atoms with E-state index < -0.39 is 7.07 Å². The van der Waals surface area contributed by atoms with Gasteiger partial charge in [0.25, 0.3) is 0 Å². The maximum atomic E-state index is 6.92. The van der Waals surface area contributed by atoms with Gasteiger partial charge in [0.05, 0.1) is 0 Å². The molecule has 0 radical (unpaired) electrons. The van der Waals surface area contributed by atoms with Crippen LogP contribution in [0.5, 0.6) is 11.5 Å². The summed E-state index contributed by atoms with van der Waals surface area (Å²) in [4.78, 5) is 0. The van der Waals surface area contributed by atoms with Crippen LogP contribution in [-0.4, -0.2) is 5.16 Å². The minimum absolute atomic E-state index is 0.293. The fraction of sp³-hybridized carbons (Fsp3) is 0.333. The molecule has 4 heteroatoms. The van der Waals surface area contributed by atoms with Crippen molar-refractivity contribution in [3.8, 4) is 11.5 Å². The van der Waals surface area contributed by atoms with Crippen molar-refractivity contribution < 1.29 is 9.05 Å². The Morgan fingerprint density at radius 3 is 1.45 bits per heavy atom. The van der Waals surface area contributed by atoms with E-state index in [4.69, 9.17) is 20.3 Å². The molecule has 0 saturated carbocycles. The van der Waals surface area contributed by atoms with E-state index in [1.54, 1.807) is 0 Å². The molecule has 0 fully saturated rings. The molecule has 2 nitrogen and oxygen atoms in total. The van der Waals surface area contributed by atoms with E-state index in [2.05, 4.69) is 20.8 Å². The van der Waals surface area contributed by atoms with Gasteiger partial charge in [-0.05, 0) is 0 Å². The van der Waals surface area contributed by atoms with Gasteiger partial charge in [-0.15, -0.1) is 0 Å². The molecule has 2 rings (SSSR count). The van der Waals surface area contributed by atoms with Gasteiger partial charge in [-0.25, -0.2) is 0 Å². The standard InChI is InChI=1S/C18H24ClO2P/c1-14-10-6-8-12-16(14)20-22(19,18(3,4)5)21-17-13-9-7-11-15(17)2/h6-13,22H,1-5H3. The van der Waals surface area contributed by atoms with Gasteiger partial charge in [0.2, 0.25) is 0 Å². The van der Waals surface area contributed by atoms with E-state index in [0.717, 1.165) is 22.6 Å². The van der Waals surface area contributed by atoms with Gasteiger partial charge in [0.1, 0.15) is 0 Å². The Labute approximate surface area is 138 Å². The van der Waals surface area contributed by atoms with Crippen molar-refractivity contribution >= 4 is 18.3 Å². The number of halogens is 1. The zero-order valence-electron chi connectivity index (χ0n) is 13.8. The number of aryl methyl sites for hydroxylation is 2. The molecule has 0 amide bonds. The van der Waals surface area contributed by atoms with Crippen LogP contribution in [0.3, 0.4) is 0 Å². The molecule has 0 saturated heterocycles. The number of rotatable bonds is 4. The predicted molar refractivity (Wildman–Crippen MR) is 97.5 cm³/mol. The molecule has 0 unspecified atom stereocenters. The Balaban J connectivity index is 2.37. The first kappa shape index (κ1) is 17.1. The molecule has 120 valence electrons. The Bertz CT molecular complexity index is 602. The summed E-state index contributed by atoms with van der Waals surface area (Å²) in [7, 11) is -3.02. The average Bonchev–Trinajstić information content (AvgIpc) is 2.43. The van der Waals surface area contributed by atoms with Crippen LogP contribution in [0.25, 0.3) is 0 Å². The molecule has 0 aliphatic rings. The van der Waals surface area contributed by atoms with Gasteiger partial charge in [0.15, 0.2) is 0 Å². The third-order valence-electron chi connectivity index (χ3n) is 3.57. The molecule has 0 bridgehead atoms. The van der Waals surface area contributed by atoms with Crippen LogP contribution in [0.2, 0.25) is 0 Å². The summed E-state index contributed by atoms with van der Waals surface area (Å²) in [5.41, 5.74) is 2.11. The quantitative estimate of drug-likeness (QED) is 0.609. The van der Waals surface area contributed by atoms with Crippen LogP contribution in [0.15, 0.2) is 48.5 Å². The SMILES string of the molecule is Cc1ccccc1O[PH](Cl)(Oc1ccccc1C)C(C)(C)C. The third kappa shape index (κ3) is 3.74. The zero-order valence-corrected chi connectivity index (χ0v) is 15.6. The molecule has 2 aromatic carbocycles. The van der Waals surface area contributed by atoms with Crippen molar-refractivity contribution in [3.63, 3.8) is 0 Å². The summed E-state index contributed by atoms with van der Waals surface area (Å²) in [6.07, 6.45) is 0. The minimum atomic E-state index is -3.02. The van der Waals surface area contributed by atoms with Crippen molar-refractivity contribution in [1.29, 1.82) is 0 Å². The van der Waals surface area contributed by atoms with Gasteiger partial charge >= 0.3 is 138 Å². The van der Waals surface area contributed by atoms with Gasteiger partial charge in [-0.2, -0.15) is 0 Å². The van der Waals surface area contributed by atoms with Gasteiger partial charge in [-0.1, -0.05) is 0 Å². The van der Waals surface area contributed by atoms with Crippen molar-refractivity contribution in [3.05, 3.63) is 59.7 Å². The van der Waals surface area contributed by atoms with Crippen molar-refractivity contribution in [2.24, 2.45) is 0 Å². The second kappa shape index (κ2) is 6.48. The Kier molecular flexibility index (Phi) is 5.04. The van der Waals surface area contributed by atoms with E-state index in [1.165, 1.54) is 0 Å². The maximum absolute atomic E-state index is 6.92. The summed E-state index contributed by atoms with van der Waals surface area (Å²) in [6.45, 7) is 10.2. The Morgan fingerprint density at radius 1 is 0.773 bits per heavy atom. The van der Waals surface area contributed by atoms with Crippen LogP contribution in [0.4, 0.5) is 0 Å². The van der Waals surface area contributed by atoms with Gasteiger partial charge < -0.3 is 0 Å². The predicted octanol–water partition coefficient (Wildman–Crippen LogP) is 6.29. The fourth-order valence-electron chi connectivity index (χ4n) is 1.95. The van der Waals surface area contributed by atoms with Crippen LogP contribution >= 0.6 is 18.3 Å². The van der Waals surface area contributed by atoms with Gasteiger partial charge in [0, 0.05) is 0 Å². The van der Waals surface area contributed by atoms with E-state index in [0.29, 0.717) is 0 Å². The third-order valence-corrected chi connectivity index (χ3v) is 8.49. The van der Waals surface area contributed by atoms with Crippen molar-refractivity contribution in [2.75, 3.05) is 0 Å². The molecule has 2 aromatic rings. The zero-order chi connectivity index (χ0) is 16.4. The first-order chi connectivity index (χ1) is 10.2. The first-order valence-electron chi connectivity index (χ1n) is 7.41. The summed E-state index contributed by atoms with van der Waals surface area (Å²) in [5, 5.41) is -0.293. The molecule has 0 heterocycles. The molecule has 0 atom stereocenters. The molecule has 0 spiro atoms. The summed E-state index contributed by atoms with van der Waals surface area (Å²) >= 11 is 6.92. The number of hydrogen-bond acceptors (Lipinski definition) is 2. The number of hydrogen-bond donors (Lipinski definition) is 0. The summed E-state index contributed by atoms with van der Waals surface area (Å²) in [6, 6.07) is 15.8. The average molecular weight is 339 g/mol. The number of benzene rings is 2. The molecule has 22 heavy (non-hydrogen) atoms. The van der Waals surface area contributed by atoms with E-state index in [1.807, 2.05) is 62.4 Å². The van der Waals surface area contributed by atoms with Crippen LogP contribution < -0.4 is 9.05 Å². The molecule has 0 aliphatic carbocycles. The molecular formula is C18H24ClO2P. The first-order valence-corrected chi connectivity index (χ1v) is 10.2. The molecular weight excluding hydrogens is 315 g/mol. The normalized spacial score (nSPS) is 12.8. The molecule has 0 aliphatic heterocycles. The summed E-state index contributed by atoms with van der Waals surface area (Å²) < 4.78 is 12.5. The van der Waals surface area contributed by atoms with Crippen molar-refractivity contribution in [1.82, 2.24) is 0 Å². The molecule has 0 aromatic heterocycles. The second-order valence-electron chi connectivity index (χ2n) is 6.52. The number of para-hydroxylation sites is 2. The Hall–Kier alpha value is -1.24. The van der Waals surface area contributed by atoms with Crippen LogP contribution in [0.1, 0.15) is 31.9 Å². The van der Waals surface area contributed by atoms with E-state index in [-0.39, 0.29) is 5.16 Å². The van der Waals surface area contributed by atoms with Crippen LogP contribution in [0, 0.1) is 13.8 Å². The summed E-state index contributed by atoms with van der Waals surface area (Å²) in [5.74, 6) is 1.57. The molecule has 0 N–H and O–H groups in total. The van der Waals surface area contributed by atoms with E-state index in [9.17, 15) is 0 Å².